The number of nitrogens with zero attached hydrogens (tertiary/aromatic N) is 1. The minimum absolute atomic E-state index is 0.0190. The van der Waals surface area contributed by atoms with E-state index in [0.717, 1.165) is 6.42 Å². The summed E-state index contributed by atoms with van der Waals surface area (Å²) in [6, 6.07) is 5.73. The van der Waals surface area contributed by atoms with E-state index in [9.17, 15) is 9.18 Å². The molecule has 0 spiro atoms. The van der Waals surface area contributed by atoms with Crippen molar-refractivity contribution in [3.05, 3.63) is 30.1 Å². The number of halogens is 1. The lowest BCUT2D eigenvalue weighted by Gasteiger charge is -2.16. The van der Waals surface area contributed by atoms with Gasteiger partial charge in [-0.2, -0.15) is 0 Å². The number of hydrogen-bond donors (Lipinski definition) is 1. The van der Waals surface area contributed by atoms with Gasteiger partial charge in [0, 0.05) is 13.6 Å². The first-order valence-electron chi connectivity index (χ1n) is 5.96. The van der Waals surface area contributed by atoms with Crippen LogP contribution in [0.1, 0.15) is 12.8 Å². The molecular weight excluding hydrogens is 235 g/mol. The van der Waals surface area contributed by atoms with Gasteiger partial charge in [0.25, 0.3) is 0 Å². The molecule has 0 saturated heterocycles. The topological polar surface area (TPSA) is 55.6 Å². The highest BCUT2D eigenvalue weighted by molar-refractivity contribution is 5.75. The number of hydrogen-bond acceptors (Lipinski definition) is 3. The van der Waals surface area contributed by atoms with E-state index in [0.29, 0.717) is 25.3 Å². The van der Waals surface area contributed by atoms with E-state index in [-0.39, 0.29) is 18.3 Å². The molecule has 5 heteroatoms. The summed E-state index contributed by atoms with van der Waals surface area (Å²) in [6.07, 6.45) is 1.10. The molecule has 1 aromatic carbocycles. The molecule has 0 atom stereocenters. The number of rotatable bonds is 7. The smallest absolute Gasteiger partial charge is 0.225 e. The Hall–Kier alpha value is -1.62. The van der Waals surface area contributed by atoms with Crippen LogP contribution in [0.3, 0.4) is 0 Å². The fourth-order valence-electron chi connectivity index (χ4n) is 1.43. The standard InChI is InChI=1S/C13H19FN2O2/c1-16(9-2-8-15)13(17)7-10-18-12-5-3-11(14)4-6-12/h3-6H,2,7-10,15H2,1H3. The molecule has 1 aromatic rings. The van der Waals surface area contributed by atoms with Crippen LogP contribution in [-0.2, 0) is 4.79 Å². The maximum absolute atomic E-state index is 12.6. The van der Waals surface area contributed by atoms with Crippen molar-refractivity contribution < 1.29 is 13.9 Å². The van der Waals surface area contributed by atoms with Crippen LogP contribution in [0.15, 0.2) is 24.3 Å². The van der Waals surface area contributed by atoms with Crippen LogP contribution in [0.5, 0.6) is 5.75 Å². The molecule has 0 saturated carbocycles. The Labute approximate surface area is 107 Å². The molecule has 0 aliphatic rings. The van der Waals surface area contributed by atoms with Gasteiger partial charge in [0.2, 0.25) is 5.91 Å². The average Bonchev–Trinajstić information content (AvgIpc) is 2.38. The highest BCUT2D eigenvalue weighted by Gasteiger charge is 2.07. The molecule has 0 aliphatic carbocycles. The van der Waals surface area contributed by atoms with Crippen LogP contribution >= 0.6 is 0 Å². The lowest BCUT2D eigenvalue weighted by Crippen LogP contribution is -2.29. The number of benzene rings is 1. The summed E-state index contributed by atoms with van der Waals surface area (Å²) in [7, 11) is 1.75. The Morgan fingerprint density at radius 3 is 2.67 bits per heavy atom. The number of carbonyl (C=O) groups is 1. The zero-order chi connectivity index (χ0) is 13.4. The third-order valence-electron chi connectivity index (χ3n) is 2.52. The van der Waals surface area contributed by atoms with Gasteiger partial charge in [-0.25, -0.2) is 4.39 Å². The first-order chi connectivity index (χ1) is 8.63. The average molecular weight is 254 g/mol. The van der Waals surface area contributed by atoms with Crippen molar-refractivity contribution in [3.8, 4) is 5.75 Å². The third kappa shape index (κ3) is 5.14. The van der Waals surface area contributed by atoms with Gasteiger partial charge < -0.3 is 15.4 Å². The SMILES string of the molecule is CN(CCCN)C(=O)CCOc1ccc(F)cc1. The fourth-order valence-corrected chi connectivity index (χ4v) is 1.43. The Balaban J connectivity index is 2.24. The largest absolute Gasteiger partial charge is 0.493 e. The summed E-state index contributed by atoms with van der Waals surface area (Å²) in [6.45, 7) is 1.52. The number of carbonyl (C=O) groups excluding carboxylic acids is 1. The normalized spacial score (nSPS) is 10.2. The van der Waals surface area contributed by atoms with E-state index >= 15 is 0 Å². The van der Waals surface area contributed by atoms with Gasteiger partial charge in [0.1, 0.15) is 11.6 Å². The Bertz CT molecular complexity index is 368. The van der Waals surface area contributed by atoms with Crippen LogP contribution in [0, 0.1) is 5.82 Å². The molecule has 0 aliphatic heterocycles. The number of amides is 1. The molecule has 0 fully saturated rings. The Morgan fingerprint density at radius 1 is 1.39 bits per heavy atom. The van der Waals surface area contributed by atoms with Gasteiger partial charge >= 0.3 is 0 Å². The predicted molar refractivity (Wildman–Crippen MR) is 67.8 cm³/mol. The van der Waals surface area contributed by atoms with Crippen LogP contribution in [0.25, 0.3) is 0 Å². The third-order valence-corrected chi connectivity index (χ3v) is 2.52. The first-order valence-corrected chi connectivity index (χ1v) is 5.96. The van der Waals surface area contributed by atoms with Gasteiger partial charge in [0.15, 0.2) is 0 Å². The summed E-state index contributed by atoms with van der Waals surface area (Å²) < 4.78 is 18.0. The zero-order valence-electron chi connectivity index (χ0n) is 10.6. The maximum atomic E-state index is 12.6. The summed E-state index contributed by atoms with van der Waals surface area (Å²) in [5.41, 5.74) is 5.37. The van der Waals surface area contributed by atoms with Crippen molar-refractivity contribution in [2.45, 2.75) is 12.8 Å². The van der Waals surface area contributed by atoms with Gasteiger partial charge in [-0.3, -0.25) is 4.79 Å². The van der Waals surface area contributed by atoms with E-state index in [4.69, 9.17) is 10.5 Å². The van der Waals surface area contributed by atoms with Crippen LogP contribution in [0.2, 0.25) is 0 Å². The summed E-state index contributed by atoms with van der Waals surface area (Å²) in [5, 5.41) is 0. The van der Waals surface area contributed by atoms with Gasteiger partial charge in [0.05, 0.1) is 13.0 Å². The minimum Gasteiger partial charge on any atom is -0.493 e. The molecule has 0 radical (unpaired) electrons. The molecule has 18 heavy (non-hydrogen) atoms. The summed E-state index contributed by atoms with van der Waals surface area (Å²) >= 11 is 0. The number of nitrogens with two attached hydrogens (primary N) is 1. The van der Waals surface area contributed by atoms with Crippen LogP contribution in [-0.4, -0.2) is 37.6 Å². The van der Waals surface area contributed by atoms with E-state index in [1.165, 1.54) is 24.3 Å². The molecule has 0 heterocycles. The van der Waals surface area contributed by atoms with Crippen LogP contribution < -0.4 is 10.5 Å². The van der Waals surface area contributed by atoms with Gasteiger partial charge in [-0.05, 0) is 37.2 Å². The molecule has 0 unspecified atom stereocenters. The van der Waals surface area contributed by atoms with Gasteiger partial charge in [-0.1, -0.05) is 0 Å². The van der Waals surface area contributed by atoms with E-state index in [1.807, 2.05) is 0 Å². The van der Waals surface area contributed by atoms with Crippen molar-refractivity contribution >= 4 is 5.91 Å². The first kappa shape index (κ1) is 14.4. The summed E-state index contributed by atoms with van der Waals surface area (Å²) in [5.74, 6) is 0.277. The van der Waals surface area contributed by atoms with E-state index < -0.39 is 0 Å². The molecule has 1 amide bonds. The molecule has 1 rings (SSSR count). The second-order valence-electron chi connectivity index (χ2n) is 4.01. The van der Waals surface area contributed by atoms with Gasteiger partial charge in [-0.15, -0.1) is 0 Å². The fraction of sp³-hybridized carbons (Fsp3) is 0.462. The van der Waals surface area contributed by atoms with E-state index in [2.05, 4.69) is 0 Å². The van der Waals surface area contributed by atoms with Crippen molar-refractivity contribution in [2.75, 3.05) is 26.7 Å². The second kappa shape index (κ2) is 7.66. The number of ether oxygens (including phenoxy) is 1. The Morgan fingerprint density at radius 2 is 2.06 bits per heavy atom. The van der Waals surface area contributed by atoms with Crippen molar-refractivity contribution in [3.63, 3.8) is 0 Å². The second-order valence-corrected chi connectivity index (χ2v) is 4.01. The highest BCUT2D eigenvalue weighted by atomic mass is 19.1. The lowest BCUT2D eigenvalue weighted by atomic mass is 10.3. The van der Waals surface area contributed by atoms with E-state index in [1.54, 1.807) is 11.9 Å². The molecule has 0 aromatic heterocycles. The van der Waals surface area contributed by atoms with Crippen LogP contribution in [0.4, 0.5) is 4.39 Å². The minimum atomic E-state index is -0.306. The quantitative estimate of drug-likeness (QED) is 0.800. The predicted octanol–water partition coefficient (Wildman–Crippen LogP) is 1.40. The molecule has 100 valence electrons. The molecule has 0 bridgehead atoms. The maximum Gasteiger partial charge on any atom is 0.225 e. The van der Waals surface area contributed by atoms with Crippen molar-refractivity contribution in [1.29, 1.82) is 0 Å². The molecule has 2 N–H and O–H groups in total. The highest BCUT2D eigenvalue weighted by Crippen LogP contribution is 2.11. The molecular formula is C13H19FN2O2. The van der Waals surface area contributed by atoms with Crippen molar-refractivity contribution in [2.24, 2.45) is 5.73 Å². The lowest BCUT2D eigenvalue weighted by molar-refractivity contribution is -0.130. The van der Waals surface area contributed by atoms with Crippen molar-refractivity contribution in [1.82, 2.24) is 4.90 Å². The summed E-state index contributed by atoms with van der Waals surface area (Å²) in [4.78, 5) is 13.3. The zero-order valence-corrected chi connectivity index (χ0v) is 10.6. The molecule has 4 nitrogen and oxygen atoms in total. The Kier molecular flexibility index (Phi) is 6.14. The monoisotopic (exact) mass is 254 g/mol.